The van der Waals surface area contributed by atoms with E-state index in [2.05, 4.69) is 10.6 Å². The molecule has 6 heteroatoms. The Kier molecular flexibility index (Phi) is 4.35. The number of ether oxygens (including phenoxy) is 2. The lowest BCUT2D eigenvalue weighted by molar-refractivity contribution is -0.132. The molecule has 1 aromatic rings. The van der Waals surface area contributed by atoms with E-state index in [4.69, 9.17) is 9.47 Å². The average Bonchev–Trinajstić information content (AvgIpc) is 2.40. The van der Waals surface area contributed by atoms with E-state index in [1.165, 1.54) is 0 Å². The number of hydrogen-bond acceptors (Lipinski definition) is 4. The average molecular weight is 292 g/mol. The molecular formula is C15H20N2O4. The maximum absolute atomic E-state index is 11.7. The fourth-order valence-corrected chi connectivity index (χ4v) is 1.88. The maximum Gasteiger partial charge on any atom is 0.408 e. The smallest absolute Gasteiger partial charge is 0.408 e. The van der Waals surface area contributed by atoms with E-state index in [9.17, 15) is 9.59 Å². The molecular weight excluding hydrogens is 272 g/mol. The van der Waals surface area contributed by atoms with Gasteiger partial charge >= 0.3 is 6.09 Å². The van der Waals surface area contributed by atoms with Crippen molar-refractivity contribution in [1.82, 2.24) is 10.6 Å². The standard InChI is InChI=1S/C15H20N2O4/c1-15(2,3)21-14(19)17-12-11(16-13(12)18)9-20-10-7-5-4-6-8-10/h4-8,11-12H,9H2,1-3H3,(H,16,18)(H,17,19)/t11-,12+/m0/s1. The molecule has 114 valence electrons. The van der Waals surface area contributed by atoms with Crippen molar-refractivity contribution in [1.29, 1.82) is 0 Å². The largest absolute Gasteiger partial charge is 0.491 e. The first-order valence-corrected chi connectivity index (χ1v) is 6.83. The van der Waals surface area contributed by atoms with Gasteiger partial charge in [-0.25, -0.2) is 4.79 Å². The second kappa shape index (κ2) is 6.03. The number of amides is 2. The molecule has 2 rings (SSSR count). The summed E-state index contributed by atoms with van der Waals surface area (Å²) in [6.45, 7) is 5.59. The van der Waals surface area contributed by atoms with Gasteiger partial charge in [0.25, 0.3) is 0 Å². The third-order valence-corrected chi connectivity index (χ3v) is 2.86. The van der Waals surface area contributed by atoms with Crippen LogP contribution in [0.5, 0.6) is 5.75 Å². The number of benzene rings is 1. The number of hydrogen-bond donors (Lipinski definition) is 2. The topological polar surface area (TPSA) is 76.7 Å². The number of β-lactam (4-membered cyclic amide) rings is 1. The van der Waals surface area contributed by atoms with Crippen molar-refractivity contribution in [2.24, 2.45) is 0 Å². The lowest BCUT2D eigenvalue weighted by Crippen LogP contribution is -2.71. The van der Waals surface area contributed by atoms with Crippen LogP contribution in [0.3, 0.4) is 0 Å². The SMILES string of the molecule is CC(C)(C)OC(=O)N[C@H]1C(=O)N[C@H]1COc1ccccc1. The lowest BCUT2D eigenvalue weighted by atomic mass is 10.0. The molecule has 0 unspecified atom stereocenters. The normalized spacial score (nSPS) is 21.0. The van der Waals surface area contributed by atoms with E-state index < -0.39 is 17.7 Å². The van der Waals surface area contributed by atoms with Gasteiger partial charge in [0.1, 0.15) is 24.0 Å². The molecule has 1 saturated heterocycles. The van der Waals surface area contributed by atoms with Crippen LogP contribution in [0.2, 0.25) is 0 Å². The number of carbonyl (C=O) groups is 2. The number of rotatable bonds is 4. The molecule has 6 nitrogen and oxygen atoms in total. The van der Waals surface area contributed by atoms with E-state index >= 15 is 0 Å². The van der Waals surface area contributed by atoms with E-state index in [0.717, 1.165) is 5.75 Å². The van der Waals surface area contributed by atoms with Crippen LogP contribution in [0.25, 0.3) is 0 Å². The van der Waals surface area contributed by atoms with Crippen LogP contribution >= 0.6 is 0 Å². The summed E-state index contributed by atoms with van der Waals surface area (Å²) in [5, 5.41) is 5.25. The zero-order chi connectivity index (χ0) is 15.5. The molecule has 0 spiro atoms. The first kappa shape index (κ1) is 15.2. The van der Waals surface area contributed by atoms with Crippen molar-refractivity contribution in [2.75, 3.05) is 6.61 Å². The summed E-state index contributed by atoms with van der Waals surface area (Å²) >= 11 is 0. The highest BCUT2D eigenvalue weighted by Gasteiger charge is 2.41. The van der Waals surface area contributed by atoms with Crippen LogP contribution in [0.1, 0.15) is 20.8 Å². The van der Waals surface area contributed by atoms with Gasteiger partial charge in [0, 0.05) is 0 Å². The quantitative estimate of drug-likeness (QED) is 0.824. The van der Waals surface area contributed by atoms with Gasteiger partial charge in [-0.3, -0.25) is 4.79 Å². The summed E-state index contributed by atoms with van der Waals surface area (Å²) in [6, 6.07) is 8.41. The molecule has 1 aromatic carbocycles. The van der Waals surface area contributed by atoms with Gasteiger partial charge in [0.05, 0.1) is 6.04 Å². The molecule has 0 aromatic heterocycles. The third kappa shape index (κ3) is 4.37. The molecule has 1 fully saturated rings. The van der Waals surface area contributed by atoms with Crippen LogP contribution in [-0.2, 0) is 9.53 Å². The van der Waals surface area contributed by atoms with Crippen molar-refractivity contribution >= 4 is 12.0 Å². The third-order valence-electron chi connectivity index (χ3n) is 2.86. The minimum atomic E-state index is -0.622. The highest BCUT2D eigenvalue weighted by atomic mass is 16.6. The van der Waals surface area contributed by atoms with Crippen LogP contribution in [0, 0.1) is 0 Å². The van der Waals surface area contributed by atoms with Crippen molar-refractivity contribution in [3.63, 3.8) is 0 Å². The Morgan fingerprint density at radius 2 is 1.95 bits per heavy atom. The minimum Gasteiger partial charge on any atom is -0.491 e. The fourth-order valence-electron chi connectivity index (χ4n) is 1.88. The van der Waals surface area contributed by atoms with Crippen molar-refractivity contribution in [2.45, 2.75) is 38.5 Å². The maximum atomic E-state index is 11.7. The van der Waals surface area contributed by atoms with Gasteiger partial charge in [-0.05, 0) is 32.9 Å². The number of alkyl carbamates (subject to hydrolysis) is 1. The van der Waals surface area contributed by atoms with Gasteiger partial charge in [0.15, 0.2) is 0 Å². The van der Waals surface area contributed by atoms with Crippen LogP contribution in [0.15, 0.2) is 30.3 Å². The lowest BCUT2D eigenvalue weighted by Gasteiger charge is -2.37. The predicted molar refractivity (Wildman–Crippen MR) is 77.0 cm³/mol. The Bertz CT molecular complexity index is 510. The molecule has 1 aliphatic heterocycles. The number of para-hydroxylation sites is 1. The second-order valence-corrected chi connectivity index (χ2v) is 5.86. The molecule has 0 saturated carbocycles. The number of nitrogens with one attached hydrogen (secondary N) is 2. The fraction of sp³-hybridized carbons (Fsp3) is 0.467. The zero-order valence-corrected chi connectivity index (χ0v) is 12.4. The summed E-state index contributed by atoms with van der Waals surface area (Å²) in [4.78, 5) is 23.2. The van der Waals surface area contributed by atoms with Crippen molar-refractivity contribution in [3.8, 4) is 5.75 Å². The first-order valence-electron chi connectivity index (χ1n) is 6.83. The Balaban J connectivity index is 1.82. The summed E-state index contributed by atoms with van der Waals surface area (Å²) < 4.78 is 10.7. The highest BCUT2D eigenvalue weighted by molar-refractivity contribution is 5.92. The zero-order valence-electron chi connectivity index (χ0n) is 12.4. The van der Waals surface area contributed by atoms with Crippen molar-refractivity contribution in [3.05, 3.63) is 30.3 Å². The molecule has 1 aliphatic rings. The van der Waals surface area contributed by atoms with E-state index in [0.29, 0.717) is 0 Å². The Labute approximate surface area is 123 Å². The summed E-state index contributed by atoms with van der Waals surface area (Å²) in [5.41, 5.74) is -0.597. The van der Waals surface area contributed by atoms with Gasteiger partial charge in [0.2, 0.25) is 5.91 Å². The van der Waals surface area contributed by atoms with Crippen molar-refractivity contribution < 1.29 is 19.1 Å². The van der Waals surface area contributed by atoms with Gasteiger partial charge in [-0.15, -0.1) is 0 Å². The highest BCUT2D eigenvalue weighted by Crippen LogP contribution is 2.13. The van der Waals surface area contributed by atoms with Crippen LogP contribution in [0.4, 0.5) is 4.79 Å². The van der Waals surface area contributed by atoms with Gasteiger partial charge in [-0.1, -0.05) is 18.2 Å². The molecule has 0 bridgehead atoms. The molecule has 2 atom stereocenters. The Hall–Kier alpha value is -2.24. The predicted octanol–water partition coefficient (Wildman–Crippen LogP) is 1.46. The minimum absolute atomic E-state index is 0.234. The summed E-state index contributed by atoms with van der Waals surface area (Å²) in [7, 11) is 0. The molecule has 1 heterocycles. The molecule has 0 aliphatic carbocycles. The number of carbonyl (C=O) groups excluding carboxylic acids is 2. The van der Waals surface area contributed by atoms with E-state index in [-0.39, 0.29) is 18.6 Å². The van der Waals surface area contributed by atoms with E-state index in [1.54, 1.807) is 20.8 Å². The Morgan fingerprint density at radius 1 is 1.29 bits per heavy atom. The molecule has 2 N–H and O–H groups in total. The first-order chi connectivity index (χ1) is 9.85. The Morgan fingerprint density at radius 3 is 2.52 bits per heavy atom. The van der Waals surface area contributed by atoms with Gasteiger partial charge in [-0.2, -0.15) is 0 Å². The van der Waals surface area contributed by atoms with Crippen LogP contribution < -0.4 is 15.4 Å². The van der Waals surface area contributed by atoms with E-state index in [1.807, 2.05) is 30.3 Å². The summed E-state index contributed by atoms with van der Waals surface area (Å²) in [6.07, 6.45) is -0.605. The van der Waals surface area contributed by atoms with Crippen LogP contribution in [-0.4, -0.2) is 36.3 Å². The van der Waals surface area contributed by atoms with Gasteiger partial charge < -0.3 is 20.1 Å². The molecule has 21 heavy (non-hydrogen) atoms. The molecule has 2 amide bonds. The second-order valence-electron chi connectivity index (χ2n) is 5.86. The molecule has 0 radical (unpaired) electrons. The monoisotopic (exact) mass is 292 g/mol. The summed E-state index contributed by atoms with van der Waals surface area (Å²) in [5.74, 6) is 0.484.